The molecule has 0 radical (unpaired) electrons. The summed E-state index contributed by atoms with van der Waals surface area (Å²) < 4.78 is 44.9. The average molecular weight is 331 g/mol. The molecule has 0 atom stereocenters. The number of hydrogen-bond acceptors (Lipinski definition) is 4. The summed E-state index contributed by atoms with van der Waals surface area (Å²) in [4.78, 5) is -0.154. The maximum absolute atomic E-state index is 13.3. The highest BCUT2D eigenvalue weighted by atomic mass is 35.5. The molecule has 2 aromatic carbocycles. The Labute approximate surface area is 126 Å². The number of hydrogen-bond donors (Lipinski definition) is 2. The van der Waals surface area contributed by atoms with Crippen molar-refractivity contribution < 1.29 is 17.5 Å². The Balaban J connectivity index is 2.40. The van der Waals surface area contributed by atoms with E-state index in [0.29, 0.717) is 0 Å². The van der Waals surface area contributed by atoms with Crippen molar-refractivity contribution in [2.24, 2.45) is 0 Å². The number of nitrogens with one attached hydrogen (secondary N) is 1. The third-order valence-corrected chi connectivity index (χ3v) is 4.34. The Morgan fingerprint density at radius 2 is 1.95 bits per heavy atom. The maximum atomic E-state index is 13.3. The second-order valence-corrected chi connectivity index (χ2v) is 6.22. The van der Waals surface area contributed by atoms with Crippen LogP contribution < -0.4 is 15.2 Å². The van der Waals surface area contributed by atoms with Crippen LogP contribution in [0.15, 0.2) is 41.3 Å². The first kappa shape index (κ1) is 15.4. The van der Waals surface area contributed by atoms with E-state index >= 15 is 0 Å². The van der Waals surface area contributed by atoms with Gasteiger partial charge in [-0.25, -0.2) is 12.8 Å². The minimum Gasteiger partial charge on any atom is -0.494 e. The van der Waals surface area contributed by atoms with Crippen molar-refractivity contribution in [2.45, 2.75) is 4.90 Å². The molecule has 0 aliphatic rings. The molecule has 0 unspecified atom stereocenters. The highest BCUT2D eigenvalue weighted by molar-refractivity contribution is 7.92. The monoisotopic (exact) mass is 330 g/mol. The number of ether oxygens (including phenoxy) is 1. The molecule has 0 saturated carbocycles. The van der Waals surface area contributed by atoms with Gasteiger partial charge in [0.05, 0.1) is 18.5 Å². The van der Waals surface area contributed by atoms with Gasteiger partial charge in [0.25, 0.3) is 10.0 Å². The molecule has 0 aliphatic carbocycles. The van der Waals surface area contributed by atoms with E-state index in [2.05, 4.69) is 4.72 Å². The number of rotatable bonds is 4. The zero-order valence-corrected chi connectivity index (χ0v) is 12.5. The largest absolute Gasteiger partial charge is 0.494 e. The van der Waals surface area contributed by atoms with E-state index < -0.39 is 15.8 Å². The fourth-order valence-corrected chi connectivity index (χ4v) is 3.12. The highest BCUT2D eigenvalue weighted by Crippen LogP contribution is 2.27. The smallest absolute Gasteiger partial charge is 0.263 e. The number of nitrogens with two attached hydrogens (primary N) is 1. The predicted octanol–water partition coefficient (Wildman–Crippen LogP) is 2.87. The summed E-state index contributed by atoms with van der Waals surface area (Å²) in [6.45, 7) is 0. The number of nitrogen functional groups attached to an aromatic ring is 1. The van der Waals surface area contributed by atoms with Gasteiger partial charge in [-0.3, -0.25) is 4.72 Å². The van der Waals surface area contributed by atoms with Crippen molar-refractivity contribution >= 4 is 33.0 Å². The van der Waals surface area contributed by atoms with Crippen molar-refractivity contribution in [1.82, 2.24) is 0 Å². The molecule has 0 saturated heterocycles. The third-order valence-electron chi connectivity index (χ3n) is 2.67. The van der Waals surface area contributed by atoms with Gasteiger partial charge in [0.2, 0.25) is 0 Å². The van der Waals surface area contributed by atoms with E-state index in [1.807, 2.05) is 0 Å². The summed E-state index contributed by atoms with van der Waals surface area (Å²) in [7, 11) is -2.66. The molecule has 0 bridgehead atoms. The molecule has 0 spiro atoms. The summed E-state index contributed by atoms with van der Waals surface area (Å²) in [6, 6.07) is 7.71. The first-order chi connectivity index (χ1) is 9.83. The molecule has 0 amide bonds. The van der Waals surface area contributed by atoms with Gasteiger partial charge in [-0.05, 0) is 30.3 Å². The minimum atomic E-state index is -3.94. The molecule has 0 fully saturated rings. The number of benzene rings is 2. The second-order valence-electron chi connectivity index (χ2n) is 4.14. The van der Waals surface area contributed by atoms with E-state index in [1.54, 1.807) is 0 Å². The van der Waals surface area contributed by atoms with Gasteiger partial charge in [0.15, 0.2) is 11.6 Å². The lowest BCUT2D eigenvalue weighted by Crippen LogP contribution is -2.15. The van der Waals surface area contributed by atoms with Gasteiger partial charge in [-0.2, -0.15) is 0 Å². The first-order valence-electron chi connectivity index (χ1n) is 5.75. The lowest BCUT2D eigenvalue weighted by molar-refractivity contribution is 0.387. The van der Waals surface area contributed by atoms with Crippen LogP contribution in [0.5, 0.6) is 5.75 Å². The van der Waals surface area contributed by atoms with E-state index in [-0.39, 0.29) is 27.0 Å². The SMILES string of the molecule is COc1cc(NS(=O)(=O)c2cc(Cl)ccc2N)ccc1F. The Bertz CT molecular complexity index is 781. The molecule has 5 nitrogen and oxygen atoms in total. The molecular formula is C13H12ClFN2O3S. The Morgan fingerprint density at radius 1 is 1.24 bits per heavy atom. The molecule has 2 aromatic rings. The molecule has 21 heavy (non-hydrogen) atoms. The van der Waals surface area contributed by atoms with Gasteiger partial charge in [0.1, 0.15) is 4.90 Å². The van der Waals surface area contributed by atoms with E-state index in [9.17, 15) is 12.8 Å². The van der Waals surface area contributed by atoms with Crippen LogP contribution in [0.2, 0.25) is 5.02 Å². The summed E-state index contributed by atoms with van der Waals surface area (Å²) in [5.41, 5.74) is 5.85. The van der Waals surface area contributed by atoms with Crippen LogP contribution in [0, 0.1) is 5.82 Å². The molecule has 112 valence electrons. The van der Waals surface area contributed by atoms with Crippen LogP contribution in [0.25, 0.3) is 0 Å². The zero-order valence-electron chi connectivity index (χ0n) is 10.9. The van der Waals surface area contributed by atoms with Crippen molar-refractivity contribution in [3.63, 3.8) is 0 Å². The standard InChI is InChI=1S/C13H12ClFN2O3S/c1-20-12-7-9(3-4-10(12)15)17-21(18,19)13-6-8(14)2-5-11(13)16/h2-7,17H,16H2,1H3. The predicted molar refractivity (Wildman–Crippen MR) is 79.6 cm³/mol. The minimum absolute atomic E-state index is 0.0565. The van der Waals surface area contributed by atoms with Gasteiger partial charge < -0.3 is 10.5 Å². The van der Waals surface area contributed by atoms with Gasteiger partial charge >= 0.3 is 0 Å². The molecule has 0 aromatic heterocycles. The van der Waals surface area contributed by atoms with Crippen LogP contribution in [0.1, 0.15) is 0 Å². The topological polar surface area (TPSA) is 81.4 Å². The first-order valence-corrected chi connectivity index (χ1v) is 7.61. The van der Waals surface area contributed by atoms with Crippen LogP contribution >= 0.6 is 11.6 Å². The molecule has 3 N–H and O–H groups in total. The second kappa shape index (κ2) is 5.79. The summed E-state index contributed by atoms with van der Waals surface area (Å²) >= 11 is 5.78. The highest BCUT2D eigenvalue weighted by Gasteiger charge is 2.18. The third kappa shape index (κ3) is 3.37. The maximum Gasteiger partial charge on any atom is 0.263 e. The van der Waals surface area contributed by atoms with Crippen molar-refractivity contribution in [3.05, 3.63) is 47.2 Å². The van der Waals surface area contributed by atoms with E-state index in [4.69, 9.17) is 22.1 Å². The number of methoxy groups -OCH3 is 1. The number of anilines is 2. The van der Waals surface area contributed by atoms with E-state index in [0.717, 1.165) is 6.07 Å². The fraction of sp³-hybridized carbons (Fsp3) is 0.0769. The van der Waals surface area contributed by atoms with Crippen LogP contribution in [0.3, 0.4) is 0 Å². The Kier molecular flexibility index (Phi) is 4.24. The Hall–Kier alpha value is -1.99. The molecule has 0 aliphatic heterocycles. The Morgan fingerprint density at radius 3 is 2.62 bits per heavy atom. The van der Waals surface area contributed by atoms with Crippen LogP contribution in [-0.4, -0.2) is 15.5 Å². The number of sulfonamides is 1. The van der Waals surface area contributed by atoms with Crippen molar-refractivity contribution in [1.29, 1.82) is 0 Å². The van der Waals surface area contributed by atoms with Crippen molar-refractivity contribution in [3.8, 4) is 5.75 Å². The lowest BCUT2D eigenvalue weighted by atomic mass is 10.3. The lowest BCUT2D eigenvalue weighted by Gasteiger charge is -2.11. The van der Waals surface area contributed by atoms with Crippen LogP contribution in [0.4, 0.5) is 15.8 Å². The van der Waals surface area contributed by atoms with Crippen LogP contribution in [-0.2, 0) is 10.0 Å². The summed E-state index contributed by atoms with van der Waals surface area (Å²) in [5, 5.41) is 0.237. The molecule has 8 heteroatoms. The summed E-state index contributed by atoms with van der Waals surface area (Å²) in [6.07, 6.45) is 0. The zero-order chi connectivity index (χ0) is 15.6. The van der Waals surface area contributed by atoms with Crippen molar-refractivity contribution in [2.75, 3.05) is 17.6 Å². The average Bonchev–Trinajstić information content (AvgIpc) is 2.43. The van der Waals surface area contributed by atoms with Gasteiger partial charge in [0, 0.05) is 11.1 Å². The summed E-state index contributed by atoms with van der Waals surface area (Å²) in [5.74, 6) is -0.669. The quantitative estimate of drug-likeness (QED) is 0.845. The van der Waals surface area contributed by atoms with E-state index in [1.165, 1.54) is 37.4 Å². The molecular weight excluding hydrogens is 319 g/mol. The van der Waals surface area contributed by atoms with Gasteiger partial charge in [-0.15, -0.1) is 0 Å². The number of halogens is 2. The normalized spacial score (nSPS) is 11.2. The fourth-order valence-electron chi connectivity index (χ4n) is 1.67. The molecule has 2 rings (SSSR count). The molecule has 0 heterocycles. The van der Waals surface area contributed by atoms with Gasteiger partial charge in [-0.1, -0.05) is 11.6 Å².